The molecule has 2 amide bonds. The Bertz CT molecular complexity index is 1220. The first-order chi connectivity index (χ1) is 16.4. The minimum Gasteiger partial charge on any atom is -0.351 e. The van der Waals surface area contributed by atoms with Crippen LogP contribution in [0.3, 0.4) is 0 Å². The number of fused-ring (bicyclic) bond motifs is 2. The molecular formula is C25H31Cl2N5O2S. The van der Waals surface area contributed by atoms with Gasteiger partial charge in [-0.1, -0.05) is 24.4 Å². The molecule has 0 saturated heterocycles. The molecule has 7 nitrogen and oxygen atoms in total. The van der Waals surface area contributed by atoms with Crippen LogP contribution in [0.25, 0.3) is 10.9 Å². The Hall–Kier alpha value is -2.13. The summed E-state index contributed by atoms with van der Waals surface area (Å²) in [5, 5.41) is 8.39. The summed E-state index contributed by atoms with van der Waals surface area (Å²) < 4.78 is 0. The number of hydrogen-bond acceptors (Lipinski definition) is 5. The first-order valence-corrected chi connectivity index (χ1v) is 13.1. The van der Waals surface area contributed by atoms with Gasteiger partial charge in [-0.2, -0.15) is 0 Å². The molecule has 0 aliphatic heterocycles. The molecule has 188 valence electrons. The molecule has 2 aliphatic rings. The zero-order valence-corrected chi connectivity index (χ0v) is 22.3. The number of carbonyl (C=O) groups is 2. The van der Waals surface area contributed by atoms with E-state index in [0.717, 1.165) is 61.5 Å². The van der Waals surface area contributed by atoms with Crippen LogP contribution in [0.1, 0.15) is 63.0 Å². The summed E-state index contributed by atoms with van der Waals surface area (Å²) >= 11 is 7.59. The topological polar surface area (TPSA) is 90.1 Å². The van der Waals surface area contributed by atoms with E-state index in [9.17, 15) is 9.59 Å². The van der Waals surface area contributed by atoms with Crippen molar-refractivity contribution < 1.29 is 9.59 Å². The van der Waals surface area contributed by atoms with E-state index in [0.29, 0.717) is 21.8 Å². The van der Waals surface area contributed by atoms with Gasteiger partial charge in [0, 0.05) is 45.3 Å². The third kappa shape index (κ3) is 5.66. The van der Waals surface area contributed by atoms with E-state index < -0.39 is 0 Å². The third-order valence-corrected chi connectivity index (χ3v) is 8.45. The van der Waals surface area contributed by atoms with Gasteiger partial charge in [0.2, 0.25) is 0 Å². The molecule has 1 fully saturated rings. The zero-order valence-electron chi connectivity index (χ0n) is 19.9. The molecule has 2 aromatic heterocycles. The summed E-state index contributed by atoms with van der Waals surface area (Å²) in [6, 6.07) is 7.56. The zero-order chi connectivity index (χ0) is 23.8. The van der Waals surface area contributed by atoms with E-state index in [1.165, 1.54) is 16.2 Å². The first-order valence-electron chi connectivity index (χ1n) is 11.9. The molecule has 0 spiro atoms. The van der Waals surface area contributed by atoms with Crippen LogP contribution in [0.2, 0.25) is 5.02 Å². The number of nitrogens with zero attached hydrogens (tertiary/aromatic N) is 2. The van der Waals surface area contributed by atoms with Gasteiger partial charge in [0.1, 0.15) is 5.69 Å². The molecule has 0 bridgehead atoms. The highest BCUT2D eigenvalue weighted by atomic mass is 35.5. The van der Waals surface area contributed by atoms with Crippen LogP contribution in [0.5, 0.6) is 0 Å². The smallest absolute Gasteiger partial charge is 0.280 e. The quantitative estimate of drug-likeness (QED) is 0.445. The number of amides is 2. The number of aromatic amines is 1. The van der Waals surface area contributed by atoms with Crippen LogP contribution in [0.4, 0.5) is 0 Å². The number of likely N-dealkylation sites (N-methyl/N-ethyl adjacent to an activating group) is 1. The minimum absolute atomic E-state index is 0. The fourth-order valence-corrected chi connectivity index (χ4v) is 6.27. The highest BCUT2D eigenvalue weighted by Gasteiger charge is 2.31. The maximum Gasteiger partial charge on any atom is 0.280 e. The van der Waals surface area contributed by atoms with Gasteiger partial charge in [-0.25, -0.2) is 4.98 Å². The number of benzene rings is 1. The van der Waals surface area contributed by atoms with Gasteiger partial charge in [0.05, 0.1) is 5.69 Å². The lowest BCUT2D eigenvalue weighted by molar-refractivity contribution is 0.0860. The van der Waals surface area contributed by atoms with E-state index in [-0.39, 0.29) is 36.3 Å². The van der Waals surface area contributed by atoms with Crippen LogP contribution in [0.15, 0.2) is 24.3 Å². The van der Waals surface area contributed by atoms with Gasteiger partial charge >= 0.3 is 0 Å². The predicted octanol–water partition coefficient (Wildman–Crippen LogP) is 4.59. The van der Waals surface area contributed by atoms with Gasteiger partial charge in [0.15, 0.2) is 5.01 Å². The van der Waals surface area contributed by atoms with Crippen molar-refractivity contribution in [3.8, 4) is 0 Å². The third-order valence-electron chi connectivity index (χ3n) is 7.06. The normalized spacial score (nSPS) is 21.9. The Kier molecular flexibility index (Phi) is 8.06. The lowest BCUT2D eigenvalue weighted by Crippen LogP contribution is -2.53. The first kappa shape index (κ1) is 25.9. The number of nitrogens with one attached hydrogen (secondary N) is 3. The lowest BCUT2D eigenvalue weighted by Gasteiger charge is -2.32. The van der Waals surface area contributed by atoms with Gasteiger partial charge in [-0.05, 0) is 64.0 Å². The molecule has 2 heterocycles. The second-order valence-electron chi connectivity index (χ2n) is 9.61. The van der Waals surface area contributed by atoms with Crippen molar-refractivity contribution in [3.05, 3.63) is 50.6 Å². The molecule has 3 aromatic rings. The summed E-state index contributed by atoms with van der Waals surface area (Å²) in [5.74, 6) is -0.301. The molecule has 35 heavy (non-hydrogen) atoms. The van der Waals surface area contributed by atoms with Crippen molar-refractivity contribution in [3.63, 3.8) is 0 Å². The summed E-state index contributed by atoms with van der Waals surface area (Å²) in [6.45, 7) is 0. The maximum atomic E-state index is 13.1. The van der Waals surface area contributed by atoms with Crippen LogP contribution in [-0.4, -0.2) is 58.9 Å². The average Bonchev–Trinajstić information content (AvgIpc) is 3.43. The second-order valence-corrected chi connectivity index (χ2v) is 11.1. The molecule has 5 rings (SSSR count). The van der Waals surface area contributed by atoms with Crippen LogP contribution < -0.4 is 10.6 Å². The largest absolute Gasteiger partial charge is 0.351 e. The highest BCUT2D eigenvalue weighted by Crippen LogP contribution is 2.29. The van der Waals surface area contributed by atoms with Crippen molar-refractivity contribution in [2.75, 3.05) is 14.1 Å². The van der Waals surface area contributed by atoms with Crippen molar-refractivity contribution in [2.24, 2.45) is 0 Å². The molecular weight excluding hydrogens is 505 g/mol. The SMILES string of the molecule is CN(C)C1CCc2sc(C(=O)N[C@@H]3CCCC[C@@H]3NC(=O)c3cc4cc(Cl)ccc4[nH]3)nc2C1.Cl. The molecule has 3 atom stereocenters. The molecule has 3 N–H and O–H groups in total. The van der Waals surface area contributed by atoms with Crippen molar-refractivity contribution >= 4 is 58.1 Å². The van der Waals surface area contributed by atoms with Gasteiger partial charge in [-0.3, -0.25) is 9.59 Å². The van der Waals surface area contributed by atoms with E-state index in [4.69, 9.17) is 16.6 Å². The lowest BCUT2D eigenvalue weighted by atomic mass is 9.90. The van der Waals surface area contributed by atoms with Gasteiger partial charge in [0.25, 0.3) is 11.8 Å². The van der Waals surface area contributed by atoms with E-state index in [1.807, 2.05) is 18.2 Å². The number of rotatable bonds is 5. The Balaban J connectivity index is 0.00000289. The summed E-state index contributed by atoms with van der Waals surface area (Å²) in [5.41, 5.74) is 2.43. The van der Waals surface area contributed by atoms with Crippen LogP contribution in [-0.2, 0) is 12.8 Å². The van der Waals surface area contributed by atoms with Gasteiger partial charge in [-0.15, -0.1) is 23.7 Å². The van der Waals surface area contributed by atoms with E-state index in [2.05, 4.69) is 34.6 Å². The highest BCUT2D eigenvalue weighted by molar-refractivity contribution is 7.13. The fraction of sp³-hybridized carbons (Fsp3) is 0.480. The number of aryl methyl sites for hydroxylation is 1. The molecule has 1 unspecified atom stereocenters. The summed E-state index contributed by atoms with van der Waals surface area (Å²) in [6.07, 6.45) is 6.69. The minimum atomic E-state index is -0.169. The number of hydrogen-bond donors (Lipinski definition) is 3. The standard InChI is InChI=1S/C25H30ClN5O2S.ClH/c1-31(2)16-8-10-22-20(13-16)30-25(34-22)24(33)29-19-6-4-3-5-18(19)28-23(32)21-12-14-11-15(26)7-9-17(14)27-21;/h7,9,11-12,16,18-19,27H,3-6,8,10,13H2,1-2H3,(H,28,32)(H,29,33);1H/t16?,18-,19+;/m0./s1. The molecule has 10 heteroatoms. The molecule has 1 aromatic carbocycles. The monoisotopic (exact) mass is 535 g/mol. The Morgan fingerprint density at radius 3 is 2.51 bits per heavy atom. The average molecular weight is 537 g/mol. The second kappa shape index (κ2) is 10.9. The van der Waals surface area contributed by atoms with Crippen LogP contribution in [0, 0.1) is 0 Å². The Morgan fingerprint density at radius 1 is 1.09 bits per heavy atom. The Labute approximate surface area is 220 Å². The van der Waals surface area contributed by atoms with E-state index in [1.54, 1.807) is 6.07 Å². The predicted molar refractivity (Wildman–Crippen MR) is 143 cm³/mol. The van der Waals surface area contributed by atoms with Crippen molar-refractivity contribution in [1.82, 2.24) is 25.5 Å². The number of halogens is 2. The van der Waals surface area contributed by atoms with Crippen molar-refractivity contribution in [1.29, 1.82) is 0 Å². The fourth-order valence-electron chi connectivity index (χ4n) is 5.08. The summed E-state index contributed by atoms with van der Waals surface area (Å²) in [7, 11) is 4.19. The summed E-state index contributed by atoms with van der Waals surface area (Å²) in [4.78, 5) is 37.4. The number of thiazole rings is 1. The van der Waals surface area contributed by atoms with E-state index >= 15 is 0 Å². The molecule has 0 radical (unpaired) electrons. The van der Waals surface area contributed by atoms with Gasteiger partial charge < -0.3 is 20.5 Å². The number of aromatic nitrogens is 2. The van der Waals surface area contributed by atoms with Crippen molar-refractivity contribution in [2.45, 2.75) is 63.1 Å². The maximum absolute atomic E-state index is 13.1. The van der Waals surface area contributed by atoms with Crippen LogP contribution >= 0.6 is 35.3 Å². The number of carbonyl (C=O) groups excluding carboxylic acids is 2. The Morgan fingerprint density at radius 2 is 1.80 bits per heavy atom. The number of H-pyrrole nitrogens is 1. The molecule has 1 saturated carbocycles. The molecule has 2 aliphatic carbocycles.